The Morgan fingerprint density at radius 3 is 1.15 bits per heavy atom. The van der Waals surface area contributed by atoms with Gasteiger partial charge >= 0.3 is 0 Å². The third-order valence-corrected chi connectivity index (χ3v) is 4.24. The molecule has 0 aromatic heterocycles. The molecule has 0 amide bonds. The average molecular weight is 344 g/mol. The lowest BCUT2D eigenvalue weighted by molar-refractivity contribution is -0.121. The van der Waals surface area contributed by atoms with Gasteiger partial charge in [0, 0.05) is 11.1 Å². The number of carbonyl (C=O) groups excluding carboxylic acids is 4. The molecule has 2 aromatic carbocycles. The van der Waals surface area contributed by atoms with E-state index in [0.717, 1.165) is 0 Å². The monoisotopic (exact) mass is 344 g/mol. The van der Waals surface area contributed by atoms with Crippen LogP contribution in [0.25, 0.3) is 11.1 Å². The van der Waals surface area contributed by atoms with E-state index in [1.165, 1.54) is 13.8 Å². The highest BCUT2D eigenvalue weighted by molar-refractivity contribution is 6.58. The second-order valence-corrected chi connectivity index (χ2v) is 6.00. The van der Waals surface area contributed by atoms with E-state index in [0.29, 0.717) is 11.1 Å². The van der Waals surface area contributed by atoms with Crippen LogP contribution in [0.5, 0.6) is 0 Å². The van der Waals surface area contributed by atoms with Crippen molar-refractivity contribution in [3.05, 3.63) is 82.9 Å². The highest BCUT2D eigenvalue weighted by atomic mass is 16.2. The van der Waals surface area contributed by atoms with Crippen LogP contribution in [0.1, 0.15) is 25.0 Å². The molecule has 0 bridgehead atoms. The van der Waals surface area contributed by atoms with E-state index in [-0.39, 0.29) is 22.3 Å². The van der Waals surface area contributed by atoms with Crippen molar-refractivity contribution in [3.63, 3.8) is 0 Å². The van der Waals surface area contributed by atoms with Gasteiger partial charge in [0.05, 0.1) is 11.1 Å². The zero-order valence-electron chi connectivity index (χ0n) is 14.4. The van der Waals surface area contributed by atoms with Crippen molar-refractivity contribution in [1.29, 1.82) is 0 Å². The third kappa shape index (κ3) is 2.86. The minimum atomic E-state index is -0.590. The van der Waals surface area contributed by atoms with Crippen LogP contribution < -0.4 is 0 Å². The molecule has 0 saturated carbocycles. The van der Waals surface area contributed by atoms with Crippen LogP contribution in [-0.4, -0.2) is 23.1 Å². The van der Waals surface area contributed by atoms with E-state index >= 15 is 0 Å². The van der Waals surface area contributed by atoms with Crippen molar-refractivity contribution >= 4 is 34.3 Å². The Bertz CT molecular complexity index is 909. The van der Waals surface area contributed by atoms with Crippen LogP contribution in [0, 0.1) is 0 Å². The minimum Gasteiger partial charge on any atom is -0.294 e. The van der Waals surface area contributed by atoms with Crippen molar-refractivity contribution in [2.75, 3.05) is 0 Å². The summed E-state index contributed by atoms with van der Waals surface area (Å²) < 4.78 is 0. The molecule has 0 N–H and O–H groups in total. The zero-order chi connectivity index (χ0) is 18.8. The van der Waals surface area contributed by atoms with Gasteiger partial charge in [-0.3, -0.25) is 19.2 Å². The van der Waals surface area contributed by atoms with E-state index in [1.54, 1.807) is 60.7 Å². The summed E-state index contributed by atoms with van der Waals surface area (Å²) in [5, 5.41) is 0. The van der Waals surface area contributed by atoms with Gasteiger partial charge in [-0.1, -0.05) is 60.7 Å². The molecular formula is C22H16O4. The second-order valence-electron chi connectivity index (χ2n) is 6.00. The summed E-state index contributed by atoms with van der Waals surface area (Å²) in [6, 6.07) is 17.0. The highest BCUT2D eigenvalue weighted by Crippen LogP contribution is 2.36. The Balaban J connectivity index is 2.34. The summed E-state index contributed by atoms with van der Waals surface area (Å²) in [6.07, 6.45) is 0. The largest absolute Gasteiger partial charge is 0.294 e. The first-order valence-electron chi connectivity index (χ1n) is 8.14. The molecule has 26 heavy (non-hydrogen) atoms. The van der Waals surface area contributed by atoms with Gasteiger partial charge in [-0.25, -0.2) is 0 Å². The first kappa shape index (κ1) is 17.4. The van der Waals surface area contributed by atoms with E-state index < -0.39 is 23.1 Å². The highest BCUT2D eigenvalue weighted by Gasteiger charge is 2.39. The van der Waals surface area contributed by atoms with Crippen molar-refractivity contribution in [3.8, 4) is 0 Å². The average Bonchev–Trinajstić information content (AvgIpc) is 2.63. The van der Waals surface area contributed by atoms with Crippen LogP contribution in [0.15, 0.2) is 71.8 Å². The summed E-state index contributed by atoms with van der Waals surface area (Å²) in [7, 11) is 0. The zero-order valence-corrected chi connectivity index (χ0v) is 14.4. The van der Waals surface area contributed by atoms with Crippen molar-refractivity contribution in [2.45, 2.75) is 13.8 Å². The van der Waals surface area contributed by atoms with Gasteiger partial charge in [-0.2, -0.15) is 0 Å². The number of benzene rings is 2. The third-order valence-electron chi connectivity index (χ3n) is 4.24. The summed E-state index contributed by atoms with van der Waals surface area (Å²) in [5.41, 5.74) is 0.528. The maximum Gasteiger partial charge on any atom is 0.198 e. The molecule has 2 aromatic rings. The van der Waals surface area contributed by atoms with Gasteiger partial charge in [0.15, 0.2) is 23.1 Å². The SMILES string of the molecule is CC(=O)C1=C(c2ccccc2)C(=O)C(C(C)=O)=C(c2ccccc2)C1=O. The molecule has 0 heterocycles. The minimum absolute atomic E-state index is 0.00650. The standard InChI is InChI=1S/C22H16O4/c1-13(23)17-19(15-9-5-3-6-10-15)22(26)18(14(2)24)20(21(17)25)16-11-7-4-8-12-16/h3-12H,1-2H3. The first-order valence-corrected chi connectivity index (χ1v) is 8.14. The fourth-order valence-corrected chi connectivity index (χ4v) is 3.14. The van der Waals surface area contributed by atoms with Crippen molar-refractivity contribution < 1.29 is 19.2 Å². The number of hydrogen-bond acceptors (Lipinski definition) is 4. The lowest BCUT2D eigenvalue weighted by atomic mass is 9.76. The summed E-state index contributed by atoms with van der Waals surface area (Å²) in [4.78, 5) is 50.8. The Labute approximate surface area is 150 Å². The molecule has 0 spiro atoms. The Hall–Kier alpha value is -3.40. The van der Waals surface area contributed by atoms with Gasteiger partial charge in [-0.05, 0) is 25.0 Å². The van der Waals surface area contributed by atoms with Gasteiger partial charge in [-0.15, -0.1) is 0 Å². The molecule has 0 unspecified atom stereocenters. The van der Waals surface area contributed by atoms with Crippen LogP contribution in [0.3, 0.4) is 0 Å². The van der Waals surface area contributed by atoms with Crippen LogP contribution in [0.4, 0.5) is 0 Å². The lowest BCUT2D eigenvalue weighted by Gasteiger charge is -2.22. The number of Topliss-reactive ketones (excluding diaryl/α,β-unsaturated/α-hetero) is 4. The number of hydrogen-bond donors (Lipinski definition) is 0. The Morgan fingerprint density at radius 1 is 0.577 bits per heavy atom. The topological polar surface area (TPSA) is 68.3 Å². The molecule has 0 aliphatic heterocycles. The predicted octanol–water partition coefficient (Wildman–Crippen LogP) is 3.22. The summed E-state index contributed by atoms with van der Waals surface area (Å²) in [6.45, 7) is 2.51. The number of ketones is 4. The number of allylic oxidation sites excluding steroid dienone is 4. The lowest BCUT2D eigenvalue weighted by Crippen LogP contribution is -2.28. The van der Waals surface area contributed by atoms with E-state index in [9.17, 15) is 19.2 Å². The molecule has 0 radical (unpaired) electrons. The smallest absolute Gasteiger partial charge is 0.198 e. The van der Waals surface area contributed by atoms with Crippen LogP contribution >= 0.6 is 0 Å². The maximum absolute atomic E-state index is 13.2. The Morgan fingerprint density at radius 2 is 0.885 bits per heavy atom. The fourth-order valence-electron chi connectivity index (χ4n) is 3.14. The molecule has 0 fully saturated rings. The summed E-state index contributed by atoms with van der Waals surface area (Å²) >= 11 is 0. The van der Waals surface area contributed by atoms with Crippen molar-refractivity contribution in [1.82, 2.24) is 0 Å². The number of rotatable bonds is 4. The van der Waals surface area contributed by atoms with E-state index in [1.807, 2.05) is 0 Å². The maximum atomic E-state index is 13.2. The van der Waals surface area contributed by atoms with Crippen LogP contribution in [-0.2, 0) is 19.2 Å². The second kappa shape index (κ2) is 6.84. The fraction of sp³-hybridized carbons (Fsp3) is 0.0909. The molecule has 128 valence electrons. The Kier molecular flexibility index (Phi) is 4.59. The molecule has 1 aliphatic carbocycles. The molecular weight excluding hydrogens is 328 g/mol. The first-order chi connectivity index (χ1) is 12.4. The van der Waals surface area contributed by atoms with Gasteiger partial charge in [0.25, 0.3) is 0 Å². The quantitative estimate of drug-likeness (QED) is 0.631. The van der Waals surface area contributed by atoms with Gasteiger partial charge in [0.2, 0.25) is 0 Å². The molecule has 4 heteroatoms. The van der Waals surface area contributed by atoms with E-state index in [4.69, 9.17) is 0 Å². The number of carbonyl (C=O) groups is 4. The summed E-state index contributed by atoms with van der Waals surface area (Å²) in [5.74, 6) is -2.18. The van der Waals surface area contributed by atoms with E-state index in [2.05, 4.69) is 0 Å². The molecule has 0 saturated heterocycles. The van der Waals surface area contributed by atoms with Crippen LogP contribution in [0.2, 0.25) is 0 Å². The van der Waals surface area contributed by atoms with Crippen molar-refractivity contribution in [2.24, 2.45) is 0 Å². The molecule has 4 nitrogen and oxygen atoms in total. The van der Waals surface area contributed by atoms with Gasteiger partial charge < -0.3 is 0 Å². The molecule has 3 rings (SSSR count). The molecule has 0 atom stereocenters. The normalized spacial score (nSPS) is 14.7. The van der Waals surface area contributed by atoms with Gasteiger partial charge in [0.1, 0.15) is 0 Å². The molecule has 1 aliphatic rings. The predicted molar refractivity (Wildman–Crippen MR) is 98.1 cm³/mol.